The zero-order valence-electron chi connectivity index (χ0n) is 21.2. The highest BCUT2D eigenvalue weighted by Crippen LogP contribution is 2.23. The molecule has 0 saturated carbocycles. The van der Waals surface area contributed by atoms with Crippen molar-refractivity contribution in [2.75, 3.05) is 20.2 Å². The SMILES string of the molecule is COC(=O)c1ccc2c(=O)n(Cc3ccc(C(=O)N4CCC(Cc5ccccc5)CC4)cc3)c(=S)[nH]c2c1. The second-order valence-corrected chi connectivity index (χ2v) is 10.1. The lowest BCUT2D eigenvalue weighted by Crippen LogP contribution is -2.38. The van der Waals surface area contributed by atoms with E-state index in [2.05, 4.69) is 29.2 Å². The predicted molar refractivity (Wildman–Crippen MR) is 149 cm³/mol. The van der Waals surface area contributed by atoms with E-state index in [1.165, 1.54) is 17.2 Å². The van der Waals surface area contributed by atoms with Crippen LogP contribution in [0.1, 0.15) is 44.7 Å². The Morgan fingerprint density at radius 2 is 1.63 bits per heavy atom. The summed E-state index contributed by atoms with van der Waals surface area (Å²) < 4.78 is 6.48. The number of benzene rings is 3. The third kappa shape index (κ3) is 5.45. The van der Waals surface area contributed by atoms with Crippen LogP contribution in [0.25, 0.3) is 10.9 Å². The average Bonchev–Trinajstić information content (AvgIpc) is 2.95. The van der Waals surface area contributed by atoms with Gasteiger partial charge < -0.3 is 14.6 Å². The number of likely N-dealkylation sites (tertiary alicyclic amines) is 1. The van der Waals surface area contributed by atoms with Crippen LogP contribution in [0.3, 0.4) is 0 Å². The lowest BCUT2D eigenvalue weighted by Gasteiger charge is -2.32. The molecule has 8 heteroatoms. The standard InChI is InChI=1S/C30H29N3O4S/c1-37-29(36)24-11-12-25-26(18-24)31-30(38)33(28(25)35)19-22-7-9-23(10-8-22)27(34)32-15-13-21(14-16-32)17-20-5-3-2-4-6-20/h2-12,18,21H,13-17,19H2,1H3,(H,31,38). The van der Waals surface area contributed by atoms with Crippen LogP contribution in [0.4, 0.5) is 0 Å². The molecule has 194 valence electrons. The summed E-state index contributed by atoms with van der Waals surface area (Å²) in [4.78, 5) is 43.0. The number of aromatic nitrogens is 2. The molecule has 0 radical (unpaired) electrons. The molecule has 4 aromatic rings. The van der Waals surface area contributed by atoms with Crippen LogP contribution in [0.15, 0.2) is 77.6 Å². The predicted octanol–water partition coefficient (Wildman–Crippen LogP) is 4.99. The van der Waals surface area contributed by atoms with Gasteiger partial charge in [0.15, 0.2) is 4.77 Å². The Morgan fingerprint density at radius 3 is 2.32 bits per heavy atom. The summed E-state index contributed by atoms with van der Waals surface area (Å²) in [7, 11) is 1.31. The first-order valence-electron chi connectivity index (χ1n) is 12.7. The number of hydrogen-bond donors (Lipinski definition) is 1. The molecule has 0 spiro atoms. The third-order valence-corrected chi connectivity index (χ3v) is 7.54. The Morgan fingerprint density at radius 1 is 0.947 bits per heavy atom. The van der Waals surface area contributed by atoms with E-state index in [1.807, 2.05) is 35.2 Å². The molecule has 1 fully saturated rings. The molecule has 1 saturated heterocycles. The van der Waals surface area contributed by atoms with E-state index in [-0.39, 0.29) is 22.8 Å². The van der Waals surface area contributed by atoms with Gasteiger partial charge in [-0.05, 0) is 78.9 Å². The van der Waals surface area contributed by atoms with Crippen molar-refractivity contribution < 1.29 is 14.3 Å². The van der Waals surface area contributed by atoms with Crippen LogP contribution in [0.2, 0.25) is 0 Å². The summed E-state index contributed by atoms with van der Waals surface area (Å²) in [5.74, 6) is 0.151. The third-order valence-electron chi connectivity index (χ3n) is 7.21. The first kappa shape index (κ1) is 25.6. The minimum Gasteiger partial charge on any atom is -0.465 e. The molecule has 5 rings (SSSR count). The Balaban J connectivity index is 1.25. The first-order chi connectivity index (χ1) is 18.4. The van der Waals surface area contributed by atoms with Crippen LogP contribution < -0.4 is 5.56 Å². The zero-order chi connectivity index (χ0) is 26.6. The van der Waals surface area contributed by atoms with E-state index in [1.54, 1.807) is 18.2 Å². The van der Waals surface area contributed by atoms with Crippen molar-refractivity contribution in [2.24, 2.45) is 5.92 Å². The van der Waals surface area contributed by atoms with Crippen LogP contribution in [-0.4, -0.2) is 46.5 Å². The molecule has 38 heavy (non-hydrogen) atoms. The largest absolute Gasteiger partial charge is 0.465 e. The summed E-state index contributed by atoms with van der Waals surface area (Å²) in [6.07, 6.45) is 3.06. The number of amides is 1. The van der Waals surface area contributed by atoms with Gasteiger partial charge in [0.1, 0.15) is 0 Å². The fourth-order valence-corrected chi connectivity index (χ4v) is 5.31. The second-order valence-electron chi connectivity index (χ2n) is 9.70. The maximum Gasteiger partial charge on any atom is 0.337 e. The van der Waals surface area contributed by atoms with E-state index in [9.17, 15) is 14.4 Å². The molecular weight excluding hydrogens is 498 g/mol. The molecule has 2 heterocycles. The fourth-order valence-electron chi connectivity index (χ4n) is 5.05. The van der Waals surface area contributed by atoms with Gasteiger partial charge in [-0.15, -0.1) is 0 Å². The number of rotatable bonds is 6. The van der Waals surface area contributed by atoms with Gasteiger partial charge in [0.25, 0.3) is 11.5 Å². The number of H-pyrrole nitrogens is 1. The van der Waals surface area contributed by atoms with Crippen molar-refractivity contribution in [3.63, 3.8) is 0 Å². The molecule has 0 bridgehead atoms. The number of aromatic amines is 1. The fraction of sp³-hybridized carbons (Fsp3) is 0.267. The van der Waals surface area contributed by atoms with Crippen molar-refractivity contribution in [1.82, 2.24) is 14.5 Å². The van der Waals surface area contributed by atoms with E-state index < -0.39 is 5.97 Å². The smallest absolute Gasteiger partial charge is 0.337 e. The molecule has 1 N–H and O–H groups in total. The number of piperidine rings is 1. The zero-order valence-corrected chi connectivity index (χ0v) is 22.0. The molecule has 3 aromatic carbocycles. The van der Waals surface area contributed by atoms with E-state index in [0.29, 0.717) is 27.9 Å². The lowest BCUT2D eigenvalue weighted by molar-refractivity contribution is 0.0600. The number of hydrogen-bond acceptors (Lipinski definition) is 5. The molecule has 7 nitrogen and oxygen atoms in total. The first-order valence-corrected chi connectivity index (χ1v) is 13.1. The molecule has 0 aliphatic carbocycles. The van der Waals surface area contributed by atoms with Gasteiger partial charge >= 0.3 is 5.97 Å². The Bertz CT molecular complexity index is 1580. The van der Waals surface area contributed by atoms with Gasteiger partial charge in [0.05, 0.1) is 30.1 Å². The molecule has 0 unspecified atom stereocenters. The topological polar surface area (TPSA) is 84.4 Å². The second kappa shape index (κ2) is 11.1. The molecule has 0 atom stereocenters. The van der Waals surface area contributed by atoms with Gasteiger partial charge in [-0.1, -0.05) is 42.5 Å². The maximum atomic E-state index is 13.1. The van der Waals surface area contributed by atoms with E-state index >= 15 is 0 Å². The van der Waals surface area contributed by atoms with Gasteiger partial charge in [-0.25, -0.2) is 4.79 Å². The van der Waals surface area contributed by atoms with Gasteiger partial charge in [-0.2, -0.15) is 0 Å². The van der Waals surface area contributed by atoms with Gasteiger partial charge in [0.2, 0.25) is 0 Å². The maximum absolute atomic E-state index is 13.1. The normalized spacial score (nSPS) is 14.0. The van der Waals surface area contributed by atoms with Crippen molar-refractivity contribution in [1.29, 1.82) is 0 Å². The quantitative estimate of drug-likeness (QED) is 0.282. The van der Waals surface area contributed by atoms with Crippen molar-refractivity contribution in [3.8, 4) is 0 Å². The highest BCUT2D eigenvalue weighted by atomic mass is 32.1. The molecule has 1 aromatic heterocycles. The highest BCUT2D eigenvalue weighted by molar-refractivity contribution is 7.71. The monoisotopic (exact) mass is 527 g/mol. The molecule has 1 aliphatic rings. The summed E-state index contributed by atoms with van der Waals surface area (Å²) >= 11 is 5.44. The number of fused-ring (bicyclic) bond motifs is 1. The Labute approximate surface area is 225 Å². The average molecular weight is 528 g/mol. The number of esters is 1. The summed E-state index contributed by atoms with van der Waals surface area (Å²) in [5, 5.41) is 0.425. The summed E-state index contributed by atoms with van der Waals surface area (Å²) in [6.45, 7) is 1.79. The minimum absolute atomic E-state index is 0.0382. The van der Waals surface area contributed by atoms with Crippen molar-refractivity contribution >= 4 is 35.0 Å². The van der Waals surface area contributed by atoms with E-state index in [4.69, 9.17) is 17.0 Å². The summed E-state index contributed by atoms with van der Waals surface area (Å²) in [5.41, 5.74) is 3.41. The van der Waals surface area contributed by atoms with Crippen LogP contribution in [-0.2, 0) is 17.7 Å². The van der Waals surface area contributed by atoms with Gasteiger partial charge in [0, 0.05) is 18.7 Å². The molecule has 1 aliphatic heterocycles. The number of ether oxygens (including phenoxy) is 1. The molecular formula is C30H29N3O4S. The number of nitrogens with one attached hydrogen (secondary N) is 1. The number of nitrogens with zero attached hydrogens (tertiary/aromatic N) is 2. The molecule has 1 amide bonds. The van der Waals surface area contributed by atoms with Crippen LogP contribution in [0.5, 0.6) is 0 Å². The number of carbonyl (C=O) groups is 2. The minimum atomic E-state index is -0.485. The summed E-state index contributed by atoms with van der Waals surface area (Å²) in [6, 6.07) is 22.6. The Hall–Kier alpha value is -4.04. The van der Waals surface area contributed by atoms with E-state index in [0.717, 1.165) is 37.9 Å². The van der Waals surface area contributed by atoms with Crippen molar-refractivity contribution in [2.45, 2.75) is 25.8 Å². The van der Waals surface area contributed by atoms with Crippen LogP contribution in [0, 0.1) is 10.7 Å². The Kier molecular flexibility index (Phi) is 7.51. The van der Waals surface area contributed by atoms with Gasteiger partial charge in [-0.3, -0.25) is 14.2 Å². The van der Waals surface area contributed by atoms with Crippen molar-refractivity contribution in [3.05, 3.63) is 110 Å². The lowest BCUT2D eigenvalue weighted by atomic mass is 9.90. The number of carbonyl (C=O) groups excluding carboxylic acids is 2. The highest BCUT2D eigenvalue weighted by Gasteiger charge is 2.24. The number of methoxy groups -OCH3 is 1. The van der Waals surface area contributed by atoms with Crippen LogP contribution >= 0.6 is 12.2 Å².